The van der Waals surface area contributed by atoms with E-state index in [1.165, 1.54) is 0 Å². The van der Waals surface area contributed by atoms with E-state index >= 15 is 0 Å². The van der Waals surface area contributed by atoms with Crippen molar-refractivity contribution in [2.45, 2.75) is 6.92 Å². The van der Waals surface area contributed by atoms with Crippen LogP contribution in [0.5, 0.6) is 0 Å². The summed E-state index contributed by atoms with van der Waals surface area (Å²) in [5.74, 6) is -0.225. The fourth-order valence-corrected chi connectivity index (χ4v) is 5.00. The molecule has 0 saturated carbocycles. The van der Waals surface area contributed by atoms with E-state index in [1.807, 2.05) is 31.2 Å². The number of amides is 1. The van der Waals surface area contributed by atoms with Gasteiger partial charge in [-0.2, -0.15) is 0 Å². The van der Waals surface area contributed by atoms with Crippen molar-refractivity contribution in [3.8, 4) is 0 Å². The summed E-state index contributed by atoms with van der Waals surface area (Å²) in [7, 11) is 0. The monoisotopic (exact) mass is 646 g/mol. The van der Waals surface area contributed by atoms with E-state index in [0.717, 1.165) is 22.5 Å². The van der Waals surface area contributed by atoms with Crippen molar-refractivity contribution in [2.75, 3.05) is 116 Å². The summed E-state index contributed by atoms with van der Waals surface area (Å²) >= 11 is 0. The van der Waals surface area contributed by atoms with Crippen LogP contribution in [0.4, 0.5) is 11.4 Å². The standard InChI is InChI=1S/C31H46N6O9/c1-26-17-27(2)32-30-18-28(3-4-29(26)30)33-31(41)19-36(20-44-23-38)7-5-34-9-13-42-15-11-35(12-16-43-14-10-34)6-8-37(21-45-24-39)22-46-25-40/h3-4,17-18,23-25,32H,2,5-16,19-22H2,1H3,(H,33,41). The predicted octanol–water partition coefficient (Wildman–Crippen LogP) is 0.614. The molecule has 1 aromatic rings. The van der Waals surface area contributed by atoms with Crippen LogP contribution in [0.3, 0.4) is 0 Å². The number of anilines is 2. The Hall–Kier alpha value is -3.86. The molecule has 2 aliphatic heterocycles. The Kier molecular flexibility index (Phi) is 16.7. The number of fused-ring (bicyclic) bond motifs is 1. The highest BCUT2D eigenvalue weighted by atomic mass is 16.6. The second kappa shape index (κ2) is 21.0. The van der Waals surface area contributed by atoms with Crippen LogP contribution in [0.2, 0.25) is 0 Å². The van der Waals surface area contributed by atoms with Crippen molar-refractivity contribution >= 4 is 42.3 Å². The van der Waals surface area contributed by atoms with Crippen molar-refractivity contribution in [3.05, 3.63) is 42.1 Å². The minimum atomic E-state index is -0.225. The average Bonchev–Trinajstić information content (AvgIpc) is 3.03. The third-order valence-electron chi connectivity index (χ3n) is 7.43. The Labute approximate surface area is 270 Å². The van der Waals surface area contributed by atoms with Crippen LogP contribution in [-0.4, -0.2) is 150 Å². The molecule has 2 heterocycles. The van der Waals surface area contributed by atoms with Crippen LogP contribution in [0.1, 0.15) is 12.5 Å². The van der Waals surface area contributed by atoms with E-state index in [2.05, 4.69) is 27.0 Å². The van der Waals surface area contributed by atoms with Gasteiger partial charge in [0.1, 0.15) is 20.2 Å². The van der Waals surface area contributed by atoms with Gasteiger partial charge in [-0.15, -0.1) is 0 Å². The van der Waals surface area contributed by atoms with Crippen molar-refractivity contribution < 1.29 is 42.9 Å². The SMILES string of the molecule is C=C1C=C(C)c2ccc(NC(=O)CN(CCN3CCOCCN(CCN(COC=O)COC=O)CCOCC3)COC=O)cc2N1. The summed E-state index contributed by atoms with van der Waals surface area (Å²) < 4.78 is 26.4. The average molecular weight is 647 g/mol. The first-order valence-corrected chi connectivity index (χ1v) is 15.2. The zero-order valence-corrected chi connectivity index (χ0v) is 26.5. The third-order valence-corrected chi connectivity index (χ3v) is 7.43. The molecule has 46 heavy (non-hydrogen) atoms. The Balaban J connectivity index is 1.44. The number of carbonyl (C=O) groups excluding carboxylic acids is 4. The van der Waals surface area contributed by atoms with Gasteiger partial charge < -0.3 is 34.3 Å². The van der Waals surface area contributed by atoms with E-state index in [0.29, 0.717) is 104 Å². The molecule has 0 atom stereocenters. The van der Waals surface area contributed by atoms with Gasteiger partial charge in [0.25, 0.3) is 19.4 Å². The molecule has 1 saturated heterocycles. The van der Waals surface area contributed by atoms with Crippen LogP contribution < -0.4 is 10.6 Å². The van der Waals surface area contributed by atoms with Crippen molar-refractivity contribution in [1.82, 2.24) is 19.6 Å². The zero-order valence-electron chi connectivity index (χ0n) is 26.5. The number of ether oxygens (including phenoxy) is 5. The lowest BCUT2D eigenvalue weighted by Gasteiger charge is -2.29. The molecular weight excluding hydrogens is 600 g/mol. The van der Waals surface area contributed by atoms with E-state index in [9.17, 15) is 19.2 Å². The topological polar surface area (TPSA) is 151 Å². The van der Waals surface area contributed by atoms with Crippen molar-refractivity contribution in [3.63, 3.8) is 0 Å². The largest absolute Gasteiger partial charge is 0.452 e. The number of nitrogens with zero attached hydrogens (tertiary/aromatic N) is 4. The second-order valence-electron chi connectivity index (χ2n) is 10.8. The lowest BCUT2D eigenvalue weighted by atomic mass is 10.0. The quantitative estimate of drug-likeness (QED) is 0.130. The van der Waals surface area contributed by atoms with E-state index < -0.39 is 0 Å². The molecule has 1 fully saturated rings. The molecule has 15 heteroatoms. The Morgan fingerprint density at radius 3 is 1.96 bits per heavy atom. The van der Waals surface area contributed by atoms with Crippen molar-refractivity contribution in [1.29, 1.82) is 0 Å². The van der Waals surface area contributed by atoms with Crippen LogP contribution in [0.15, 0.2) is 36.6 Å². The number of nitrogens with one attached hydrogen (secondary N) is 2. The minimum Gasteiger partial charge on any atom is -0.452 e. The number of benzene rings is 1. The number of hydrogen-bond donors (Lipinski definition) is 2. The molecule has 0 aliphatic carbocycles. The van der Waals surface area contributed by atoms with Gasteiger partial charge in [-0.1, -0.05) is 12.6 Å². The lowest BCUT2D eigenvalue weighted by Crippen LogP contribution is -2.43. The zero-order chi connectivity index (χ0) is 33.0. The molecule has 0 spiro atoms. The van der Waals surface area contributed by atoms with E-state index in [1.54, 1.807) is 9.80 Å². The Morgan fingerprint density at radius 2 is 1.41 bits per heavy atom. The van der Waals surface area contributed by atoms with Gasteiger partial charge in [-0.25, -0.2) is 4.90 Å². The molecule has 0 bridgehead atoms. The fourth-order valence-electron chi connectivity index (χ4n) is 5.00. The molecule has 0 radical (unpaired) electrons. The van der Waals surface area contributed by atoms with Crippen LogP contribution >= 0.6 is 0 Å². The number of rotatable bonds is 18. The molecule has 1 amide bonds. The lowest BCUT2D eigenvalue weighted by molar-refractivity contribution is -0.141. The van der Waals surface area contributed by atoms with Crippen molar-refractivity contribution in [2.24, 2.45) is 0 Å². The highest BCUT2D eigenvalue weighted by Crippen LogP contribution is 2.32. The Bertz CT molecular complexity index is 1140. The summed E-state index contributed by atoms with van der Waals surface area (Å²) in [5.41, 5.74) is 4.47. The fraction of sp³-hybridized carbons (Fsp3) is 0.548. The van der Waals surface area contributed by atoms with Gasteiger partial charge in [-0.3, -0.25) is 33.9 Å². The number of hydrogen-bond acceptors (Lipinski definition) is 14. The molecular formula is C31H46N6O9. The molecule has 3 rings (SSSR count). The molecule has 0 aromatic heterocycles. The van der Waals surface area contributed by atoms with Gasteiger partial charge in [0.05, 0.1) is 33.0 Å². The molecule has 2 aliphatic rings. The van der Waals surface area contributed by atoms with Crippen LogP contribution in [0.25, 0.3) is 5.57 Å². The first-order chi connectivity index (χ1) is 22.4. The molecule has 2 N–H and O–H groups in total. The third kappa shape index (κ3) is 13.6. The van der Waals surface area contributed by atoms with Gasteiger partial charge >= 0.3 is 0 Å². The van der Waals surface area contributed by atoms with Gasteiger partial charge in [0, 0.05) is 75.0 Å². The normalized spacial score (nSPS) is 16.7. The smallest absolute Gasteiger partial charge is 0.294 e. The first-order valence-electron chi connectivity index (χ1n) is 15.2. The van der Waals surface area contributed by atoms with E-state index in [-0.39, 0.29) is 32.6 Å². The summed E-state index contributed by atoms with van der Waals surface area (Å²) in [6.07, 6.45) is 1.97. The summed E-state index contributed by atoms with van der Waals surface area (Å²) in [6.45, 7) is 14.2. The second-order valence-corrected chi connectivity index (χ2v) is 10.8. The number of allylic oxidation sites excluding steroid dienone is 2. The Morgan fingerprint density at radius 1 is 0.891 bits per heavy atom. The molecule has 254 valence electrons. The number of carbonyl (C=O) groups is 4. The molecule has 15 nitrogen and oxygen atoms in total. The first kappa shape index (κ1) is 36.6. The maximum Gasteiger partial charge on any atom is 0.294 e. The van der Waals surface area contributed by atoms with E-state index in [4.69, 9.17) is 23.7 Å². The summed E-state index contributed by atoms with van der Waals surface area (Å²) in [6, 6.07) is 5.69. The molecule has 1 aromatic carbocycles. The summed E-state index contributed by atoms with van der Waals surface area (Å²) in [4.78, 5) is 52.8. The maximum atomic E-state index is 12.9. The molecule has 0 unspecified atom stereocenters. The van der Waals surface area contributed by atoms with Crippen LogP contribution in [-0.2, 0) is 42.9 Å². The van der Waals surface area contributed by atoms with Gasteiger partial charge in [-0.05, 0) is 30.7 Å². The highest BCUT2D eigenvalue weighted by Gasteiger charge is 2.17. The van der Waals surface area contributed by atoms with Crippen LogP contribution in [0, 0.1) is 0 Å². The maximum absolute atomic E-state index is 12.9. The summed E-state index contributed by atoms with van der Waals surface area (Å²) in [5, 5.41) is 6.16. The van der Waals surface area contributed by atoms with Gasteiger partial charge in [0.2, 0.25) is 5.91 Å². The highest BCUT2D eigenvalue weighted by molar-refractivity contribution is 5.94. The minimum absolute atomic E-state index is 0.0108. The van der Waals surface area contributed by atoms with Gasteiger partial charge in [0.15, 0.2) is 0 Å². The predicted molar refractivity (Wildman–Crippen MR) is 170 cm³/mol.